The lowest BCUT2D eigenvalue weighted by atomic mass is 10.1. The van der Waals surface area contributed by atoms with Crippen molar-refractivity contribution in [2.75, 3.05) is 0 Å². The van der Waals surface area contributed by atoms with Crippen LogP contribution in [0.4, 0.5) is 4.79 Å². The van der Waals surface area contributed by atoms with Crippen molar-refractivity contribution in [1.29, 1.82) is 0 Å². The van der Waals surface area contributed by atoms with E-state index in [0.717, 1.165) is 0 Å². The minimum atomic E-state index is -1.39. The van der Waals surface area contributed by atoms with E-state index in [1.54, 1.807) is 0 Å². The molecule has 0 saturated heterocycles. The fourth-order valence-electron chi connectivity index (χ4n) is 0.983. The van der Waals surface area contributed by atoms with Gasteiger partial charge in [-0.3, -0.25) is 9.59 Å². The van der Waals surface area contributed by atoms with E-state index < -0.39 is 42.4 Å². The lowest BCUT2D eigenvalue weighted by Gasteiger charge is -2.15. The predicted octanol–water partition coefficient (Wildman–Crippen LogP) is -0.923. The topological polar surface area (TPSA) is 153 Å². The molecule has 0 rings (SSSR count). The molecule has 0 saturated carbocycles. The number of amides is 2. The largest absolute Gasteiger partial charge is 0.481 e. The molecule has 0 aromatic heterocycles. The number of nitrogens with one attached hydrogen (secondary N) is 2. The highest BCUT2D eigenvalue weighted by Crippen LogP contribution is 1.98. The summed E-state index contributed by atoms with van der Waals surface area (Å²) in [5, 5.41) is 29.6. The van der Waals surface area contributed by atoms with Gasteiger partial charge in [-0.1, -0.05) is 0 Å². The first-order valence-corrected chi connectivity index (χ1v) is 4.98. The zero-order chi connectivity index (χ0) is 14.3. The number of urea groups is 1. The van der Waals surface area contributed by atoms with Crippen molar-refractivity contribution in [3.8, 4) is 0 Å². The van der Waals surface area contributed by atoms with Crippen LogP contribution in [0.25, 0.3) is 0 Å². The second-order valence-electron chi connectivity index (χ2n) is 3.50. The van der Waals surface area contributed by atoms with E-state index in [0.29, 0.717) is 0 Å². The van der Waals surface area contributed by atoms with Crippen LogP contribution in [0.15, 0.2) is 0 Å². The third-order valence-corrected chi connectivity index (χ3v) is 1.97. The first-order valence-electron chi connectivity index (χ1n) is 4.98. The Hall–Kier alpha value is -2.32. The van der Waals surface area contributed by atoms with Crippen LogP contribution in [-0.4, -0.2) is 51.3 Å². The van der Waals surface area contributed by atoms with Crippen molar-refractivity contribution in [3.63, 3.8) is 0 Å². The molecule has 2 atom stereocenters. The molecule has 0 aliphatic heterocycles. The maximum absolute atomic E-state index is 11.2. The number of rotatable bonds is 7. The van der Waals surface area contributed by atoms with E-state index in [9.17, 15) is 19.2 Å². The normalized spacial score (nSPS) is 13.2. The van der Waals surface area contributed by atoms with Gasteiger partial charge in [-0.25, -0.2) is 9.59 Å². The Morgan fingerprint density at radius 1 is 1.00 bits per heavy atom. The van der Waals surface area contributed by atoms with Gasteiger partial charge in [0.1, 0.15) is 12.1 Å². The molecule has 0 aromatic rings. The molecule has 18 heavy (non-hydrogen) atoms. The molecule has 0 fully saturated rings. The SMILES string of the molecule is C[C@H](NC(=O)N[C@@H](CCC(=O)O)C(=O)O)C(=O)O. The van der Waals surface area contributed by atoms with Crippen molar-refractivity contribution in [1.82, 2.24) is 10.6 Å². The molecule has 0 radical (unpaired) electrons. The molecule has 0 aliphatic rings. The van der Waals surface area contributed by atoms with Crippen LogP contribution in [0.3, 0.4) is 0 Å². The first-order chi connectivity index (χ1) is 8.23. The van der Waals surface area contributed by atoms with Gasteiger partial charge in [-0.2, -0.15) is 0 Å². The number of carboxylic acid groups (broad SMARTS) is 3. The van der Waals surface area contributed by atoms with Gasteiger partial charge < -0.3 is 26.0 Å². The van der Waals surface area contributed by atoms with Crippen molar-refractivity contribution >= 4 is 23.9 Å². The van der Waals surface area contributed by atoms with Gasteiger partial charge in [0.05, 0.1) is 0 Å². The Balaban J connectivity index is 4.32. The molecule has 102 valence electrons. The van der Waals surface area contributed by atoms with Crippen molar-refractivity contribution in [2.24, 2.45) is 0 Å². The van der Waals surface area contributed by atoms with Crippen LogP contribution in [-0.2, 0) is 14.4 Å². The summed E-state index contributed by atoms with van der Waals surface area (Å²) in [5.41, 5.74) is 0. The fraction of sp³-hybridized carbons (Fsp3) is 0.556. The van der Waals surface area contributed by atoms with E-state index in [-0.39, 0.29) is 6.42 Å². The maximum Gasteiger partial charge on any atom is 0.326 e. The molecule has 0 aliphatic carbocycles. The van der Waals surface area contributed by atoms with Crippen LogP contribution in [0.1, 0.15) is 19.8 Å². The average Bonchev–Trinajstić information content (AvgIpc) is 2.23. The second-order valence-corrected chi connectivity index (χ2v) is 3.50. The van der Waals surface area contributed by atoms with E-state index in [4.69, 9.17) is 15.3 Å². The van der Waals surface area contributed by atoms with E-state index in [1.165, 1.54) is 6.92 Å². The smallest absolute Gasteiger partial charge is 0.326 e. The predicted molar refractivity (Wildman–Crippen MR) is 57.1 cm³/mol. The zero-order valence-corrected chi connectivity index (χ0v) is 9.54. The van der Waals surface area contributed by atoms with Gasteiger partial charge in [-0.15, -0.1) is 0 Å². The van der Waals surface area contributed by atoms with Crippen LogP contribution >= 0.6 is 0 Å². The lowest BCUT2D eigenvalue weighted by Crippen LogP contribution is -2.50. The van der Waals surface area contributed by atoms with E-state index in [2.05, 4.69) is 0 Å². The standard InChI is InChI=1S/C9H14N2O7/c1-4(7(14)15)10-9(18)11-5(8(16)17)2-3-6(12)13/h4-5H,2-3H2,1H3,(H,12,13)(H,14,15)(H,16,17)(H2,10,11,18)/t4-,5-/m0/s1. The number of carbonyl (C=O) groups excluding carboxylic acids is 1. The Bertz CT molecular complexity index is 355. The third-order valence-electron chi connectivity index (χ3n) is 1.97. The second kappa shape index (κ2) is 7.09. The Morgan fingerprint density at radius 3 is 1.94 bits per heavy atom. The number of carboxylic acids is 3. The van der Waals surface area contributed by atoms with Gasteiger partial charge in [0.2, 0.25) is 0 Å². The van der Waals surface area contributed by atoms with Gasteiger partial charge >= 0.3 is 23.9 Å². The average molecular weight is 262 g/mol. The molecule has 0 heterocycles. The lowest BCUT2D eigenvalue weighted by molar-refractivity contribution is -0.140. The van der Waals surface area contributed by atoms with Gasteiger partial charge in [0, 0.05) is 6.42 Å². The monoisotopic (exact) mass is 262 g/mol. The minimum Gasteiger partial charge on any atom is -0.481 e. The molecular weight excluding hydrogens is 248 g/mol. The highest BCUT2D eigenvalue weighted by atomic mass is 16.4. The molecule has 9 heteroatoms. The summed E-state index contributed by atoms with van der Waals surface area (Å²) in [6.45, 7) is 1.20. The van der Waals surface area contributed by atoms with Gasteiger partial charge in [0.25, 0.3) is 0 Å². The highest BCUT2D eigenvalue weighted by Gasteiger charge is 2.22. The summed E-state index contributed by atoms with van der Waals surface area (Å²) in [6.07, 6.45) is -0.717. The number of hydrogen-bond acceptors (Lipinski definition) is 4. The number of aliphatic carboxylic acids is 3. The Kier molecular flexibility index (Phi) is 6.18. The number of carbonyl (C=O) groups is 4. The Morgan fingerprint density at radius 2 is 1.56 bits per heavy atom. The molecule has 5 N–H and O–H groups in total. The van der Waals surface area contributed by atoms with Crippen molar-refractivity contribution in [2.45, 2.75) is 31.8 Å². The maximum atomic E-state index is 11.2. The quantitative estimate of drug-likeness (QED) is 0.397. The van der Waals surface area contributed by atoms with Crippen LogP contribution in [0.5, 0.6) is 0 Å². The summed E-state index contributed by atoms with van der Waals surface area (Å²) in [7, 11) is 0. The summed E-state index contributed by atoms with van der Waals surface area (Å²) in [6, 6.07) is -3.55. The van der Waals surface area contributed by atoms with E-state index in [1.807, 2.05) is 10.6 Å². The zero-order valence-electron chi connectivity index (χ0n) is 9.54. The third kappa shape index (κ3) is 6.30. The molecule has 9 nitrogen and oxygen atoms in total. The fourth-order valence-corrected chi connectivity index (χ4v) is 0.983. The van der Waals surface area contributed by atoms with Crippen LogP contribution < -0.4 is 10.6 Å². The summed E-state index contributed by atoms with van der Waals surface area (Å²) in [4.78, 5) is 42.6. The molecular formula is C9H14N2O7. The molecule has 0 aromatic carbocycles. The number of hydrogen-bond donors (Lipinski definition) is 5. The summed E-state index contributed by atoms with van der Waals surface area (Å²) >= 11 is 0. The summed E-state index contributed by atoms with van der Waals surface area (Å²) < 4.78 is 0. The van der Waals surface area contributed by atoms with Gasteiger partial charge in [0.15, 0.2) is 0 Å². The minimum absolute atomic E-state index is 0.292. The molecule has 2 amide bonds. The first kappa shape index (κ1) is 15.7. The van der Waals surface area contributed by atoms with Gasteiger partial charge in [-0.05, 0) is 13.3 Å². The highest BCUT2D eigenvalue weighted by molar-refractivity contribution is 5.86. The van der Waals surface area contributed by atoms with Crippen LogP contribution in [0.2, 0.25) is 0 Å². The Labute approximate surface area is 102 Å². The van der Waals surface area contributed by atoms with Crippen LogP contribution in [0, 0.1) is 0 Å². The van der Waals surface area contributed by atoms with Crippen molar-refractivity contribution in [3.05, 3.63) is 0 Å². The molecule has 0 unspecified atom stereocenters. The van der Waals surface area contributed by atoms with E-state index >= 15 is 0 Å². The molecule has 0 bridgehead atoms. The molecule has 0 spiro atoms. The van der Waals surface area contributed by atoms with Crippen molar-refractivity contribution < 1.29 is 34.5 Å². The summed E-state index contributed by atoms with van der Waals surface area (Å²) in [5.74, 6) is -3.86.